The van der Waals surface area contributed by atoms with Gasteiger partial charge >= 0.3 is 11.9 Å². The molecule has 31 heavy (non-hydrogen) atoms. The van der Waals surface area contributed by atoms with E-state index in [-0.39, 0.29) is 24.6 Å². The molecular weight excluding hydrogens is 400 g/mol. The number of esters is 2. The predicted molar refractivity (Wildman–Crippen MR) is 115 cm³/mol. The minimum absolute atomic E-state index is 0.118. The van der Waals surface area contributed by atoms with Gasteiger partial charge in [-0.15, -0.1) is 0 Å². The Hall–Kier alpha value is -3.94. The highest BCUT2D eigenvalue weighted by Gasteiger charge is 2.05. The Bertz CT molecular complexity index is 831. The summed E-state index contributed by atoms with van der Waals surface area (Å²) in [7, 11) is 0. The van der Waals surface area contributed by atoms with Crippen LogP contribution in [0, 0.1) is 0 Å². The number of hydrogen-bond donors (Lipinski definition) is 2. The molecule has 2 aromatic rings. The number of nitrogens with two attached hydrogens (primary N) is 2. The zero-order valence-corrected chi connectivity index (χ0v) is 17.2. The Morgan fingerprint density at radius 2 is 1.03 bits per heavy atom. The van der Waals surface area contributed by atoms with Crippen LogP contribution < -0.4 is 20.9 Å². The zero-order chi connectivity index (χ0) is 22.6. The molecular formula is C23H26N2O6. The SMILES string of the molecule is C=C(N)C(=O)OCc1ccc(OCCCOc2ccc(COC(=O)C(=C)N)cc2)cc1. The summed E-state index contributed by atoms with van der Waals surface area (Å²) in [5, 5.41) is 0. The van der Waals surface area contributed by atoms with Crippen molar-refractivity contribution in [3.8, 4) is 11.5 Å². The number of ether oxygens (including phenoxy) is 4. The highest BCUT2D eigenvalue weighted by atomic mass is 16.5. The average molecular weight is 426 g/mol. The second kappa shape index (κ2) is 11.9. The highest BCUT2D eigenvalue weighted by molar-refractivity contribution is 5.86. The largest absolute Gasteiger partial charge is 0.493 e. The fourth-order valence-electron chi connectivity index (χ4n) is 2.29. The van der Waals surface area contributed by atoms with Crippen molar-refractivity contribution in [2.24, 2.45) is 11.5 Å². The quantitative estimate of drug-likeness (QED) is 0.302. The predicted octanol–water partition coefficient (Wildman–Crippen LogP) is 2.57. The first-order valence-electron chi connectivity index (χ1n) is 9.51. The van der Waals surface area contributed by atoms with Crippen LogP contribution in [-0.2, 0) is 32.3 Å². The first-order valence-corrected chi connectivity index (χ1v) is 9.51. The van der Waals surface area contributed by atoms with Crippen molar-refractivity contribution in [2.75, 3.05) is 13.2 Å². The van der Waals surface area contributed by atoms with Crippen molar-refractivity contribution in [2.45, 2.75) is 19.6 Å². The first kappa shape index (κ1) is 23.3. The summed E-state index contributed by atoms with van der Waals surface area (Å²) < 4.78 is 21.3. The highest BCUT2D eigenvalue weighted by Crippen LogP contribution is 2.15. The lowest BCUT2D eigenvalue weighted by atomic mass is 10.2. The van der Waals surface area contributed by atoms with Crippen LogP contribution in [0.15, 0.2) is 73.1 Å². The molecule has 164 valence electrons. The first-order chi connectivity index (χ1) is 14.8. The molecule has 0 aromatic heterocycles. The van der Waals surface area contributed by atoms with Gasteiger partial charge in [-0.25, -0.2) is 9.59 Å². The van der Waals surface area contributed by atoms with Gasteiger partial charge in [0.15, 0.2) is 0 Å². The lowest BCUT2D eigenvalue weighted by Gasteiger charge is -2.10. The van der Waals surface area contributed by atoms with E-state index < -0.39 is 11.9 Å². The molecule has 8 nitrogen and oxygen atoms in total. The molecule has 2 rings (SSSR count). The van der Waals surface area contributed by atoms with Crippen LogP contribution in [0.4, 0.5) is 0 Å². The van der Waals surface area contributed by atoms with Crippen LogP contribution in [0.1, 0.15) is 17.5 Å². The molecule has 0 unspecified atom stereocenters. The van der Waals surface area contributed by atoms with E-state index in [4.69, 9.17) is 30.4 Å². The maximum Gasteiger partial charge on any atom is 0.353 e. The third-order valence-corrected chi connectivity index (χ3v) is 3.94. The number of carbonyl (C=O) groups excluding carboxylic acids is 2. The molecule has 0 heterocycles. The molecule has 8 heteroatoms. The molecule has 0 aliphatic heterocycles. The Kier molecular flexibility index (Phi) is 8.97. The van der Waals surface area contributed by atoms with Crippen molar-refractivity contribution >= 4 is 11.9 Å². The number of hydrogen-bond acceptors (Lipinski definition) is 8. The summed E-state index contributed by atoms with van der Waals surface area (Å²) in [6, 6.07) is 14.4. The lowest BCUT2D eigenvalue weighted by Crippen LogP contribution is -2.13. The molecule has 0 amide bonds. The van der Waals surface area contributed by atoms with Gasteiger partial charge in [-0.05, 0) is 35.4 Å². The van der Waals surface area contributed by atoms with Crippen molar-refractivity contribution in [3.05, 3.63) is 84.2 Å². The molecule has 0 radical (unpaired) electrons. The van der Waals surface area contributed by atoms with E-state index in [1.165, 1.54) is 0 Å². The Morgan fingerprint density at radius 1 is 0.677 bits per heavy atom. The lowest BCUT2D eigenvalue weighted by molar-refractivity contribution is -0.141. The summed E-state index contributed by atoms with van der Waals surface area (Å²) >= 11 is 0. The van der Waals surface area contributed by atoms with E-state index in [0.29, 0.717) is 31.1 Å². The minimum atomic E-state index is -0.628. The number of rotatable bonds is 12. The van der Waals surface area contributed by atoms with Crippen LogP contribution in [0.3, 0.4) is 0 Å². The second-order valence-electron chi connectivity index (χ2n) is 6.54. The van der Waals surface area contributed by atoms with Gasteiger partial charge in [0.2, 0.25) is 0 Å². The topological polar surface area (TPSA) is 123 Å². The molecule has 4 N–H and O–H groups in total. The maximum absolute atomic E-state index is 11.3. The van der Waals surface area contributed by atoms with E-state index in [2.05, 4.69) is 13.2 Å². The van der Waals surface area contributed by atoms with Gasteiger partial charge in [0.1, 0.15) is 36.1 Å². The fourth-order valence-corrected chi connectivity index (χ4v) is 2.29. The van der Waals surface area contributed by atoms with Crippen molar-refractivity contribution in [1.29, 1.82) is 0 Å². The fraction of sp³-hybridized carbons (Fsp3) is 0.217. The van der Waals surface area contributed by atoms with Gasteiger partial charge < -0.3 is 30.4 Å². The van der Waals surface area contributed by atoms with Crippen molar-refractivity contribution in [1.82, 2.24) is 0 Å². The van der Waals surface area contributed by atoms with Gasteiger partial charge in [0.25, 0.3) is 0 Å². The Morgan fingerprint density at radius 3 is 1.35 bits per heavy atom. The zero-order valence-electron chi connectivity index (χ0n) is 17.2. The monoisotopic (exact) mass is 426 g/mol. The van der Waals surface area contributed by atoms with Crippen LogP contribution in [0.5, 0.6) is 11.5 Å². The summed E-state index contributed by atoms with van der Waals surface area (Å²) in [5.41, 5.74) is 11.9. The van der Waals surface area contributed by atoms with E-state index in [1.54, 1.807) is 48.5 Å². The molecule has 0 saturated heterocycles. The van der Waals surface area contributed by atoms with Crippen LogP contribution in [-0.4, -0.2) is 25.2 Å². The van der Waals surface area contributed by atoms with Gasteiger partial charge in [0.05, 0.1) is 13.2 Å². The molecule has 0 bridgehead atoms. The van der Waals surface area contributed by atoms with Crippen LogP contribution in [0.2, 0.25) is 0 Å². The Balaban J connectivity index is 1.63. The smallest absolute Gasteiger partial charge is 0.353 e. The molecule has 0 atom stereocenters. The summed E-state index contributed by atoms with van der Waals surface area (Å²) in [5.74, 6) is 0.155. The summed E-state index contributed by atoms with van der Waals surface area (Å²) in [6.07, 6.45) is 0.690. The molecule has 0 spiro atoms. The molecule has 0 saturated carbocycles. The van der Waals surface area contributed by atoms with Gasteiger partial charge in [0, 0.05) is 6.42 Å². The normalized spacial score (nSPS) is 10.1. The summed E-state index contributed by atoms with van der Waals surface area (Å²) in [4.78, 5) is 22.5. The van der Waals surface area contributed by atoms with Crippen LogP contribution in [0.25, 0.3) is 0 Å². The second-order valence-corrected chi connectivity index (χ2v) is 6.54. The standard InChI is InChI=1S/C23H26N2O6/c1-16(24)22(26)30-14-18-4-8-20(9-5-18)28-12-3-13-29-21-10-6-19(7-11-21)15-31-23(27)17(2)25/h4-11H,1-3,12-15,24-25H2. The molecule has 2 aromatic carbocycles. The van der Waals surface area contributed by atoms with Gasteiger partial charge in [-0.3, -0.25) is 0 Å². The van der Waals surface area contributed by atoms with E-state index >= 15 is 0 Å². The third-order valence-electron chi connectivity index (χ3n) is 3.94. The number of carbonyl (C=O) groups is 2. The van der Waals surface area contributed by atoms with E-state index in [9.17, 15) is 9.59 Å². The van der Waals surface area contributed by atoms with Crippen molar-refractivity contribution in [3.63, 3.8) is 0 Å². The average Bonchev–Trinajstić information content (AvgIpc) is 2.77. The summed E-state index contributed by atoms with van der Waals surface area (Å²) in [6.45, 7) is 7.85. The minimum Gasteiger partial charge on any atom is -0.493 e. The van der Waals surface area contributed by atoms with Gasteiger partial charge in [-0.2, -0.15) is 0 Å². The van der Waals surface area contributed by atoms with Gasteiger partial charge in [-0.1, -0.05) is 37.4 Å². The van der Waals surface area contributed by atoms with E-state index in [0.717, 1.165) is 11.1 Å². The molecule has 0 fully saturated rings. The maximum atomic E-state index is 11.3. The molecule has 0 aliphatic rings. The van der Waals surface area contributed by atoms with Crippen molar-refractivity contribution < 1.29 is 28.5 Å². The van der Waals surface area contributed by atoms with E-state index in [1.807, 2.05) is 0 Å². The molecule has 0 aliphatic carbocycles. The van der Waals surface area contributed by atoms with Crippen LogP contribution >= 0.6 is 0 Å². The third kappa shape index (κ3) is 8.53. The number of benzene rings is 2. The Labute approximate surface area is 181 Å².